The highest BCUT2D eigenvalue weighted by Gasteiger charge is 2.27. The summed E-state index contributed by atoms with van der Waals surface area (Å²) in [6.45, 7) is 2.09. The van der Waals surface area contributed by atoms with Gasteiger partial charge in [-0.2, -0.15) is 0 Å². The Hall–Kier alpha value is -2.96. The van der Waals surface area contributed by atoms with Gasteiger partial charge in [-0.1, -0.05) is 17.3 Å². The predicted octanol–water partition coefficient (Wildman–Crippen LogP) is 2.74. The molecule has 3 aromatic rings. The molecule has 0 atom stereocenters. The molecule has 1 aliphatic carbocycles. The molecule has 150 valence electrons. The van der Waals surface area contributed by atoms with Crippen molar-refractivity contribution in [1.82, 2.24) is 19.6 Å². The van der Waals surface area contributed by atoms with Crippen LogP contribution in [-0.2, 0) is 17.8 Å². The molecule has 2 fully saturated rings. The third kappa shape index (κ3) is 3.81. The van der Waals surface area contributed by atoms with Gasteiger partial charge in [0.25, 0.3) is 5.56 Å². The van der Waals surface area contributed by atoms with Gasteiger partial charge in [0.05, 0.1) is 18.4 Å². The summed E-state index contributed by atoms with van der Waals surface area (Å²) in [6, 6.07) is 9.30. The Kier molecular flexibility index (Phi) is 4.66. The number of nitrogens with zero attached hydrogens (tertiary/aromatic N) is 4. The highest BCUT2D eigenvalue weighted by Crippen LogP contribution is 2.38. The minimum Gasteiger partial charge on any atom is -0.356 e. The van der Waals surface area contributed by atoms with Gasteiger partial charge >= 0.3 is 0 Å². The molecule has 0 unspecified atom stereocenters. The summed E-state index contributed by atoms with van der Waals surface area (Å²) in [6.07, 6.45) is 6.03. The number of piperidine rings is 1. The van der Waals surface area contributed by atoms with E-state index in [1.54, 1.807) is 17.0 Å². The average Bonchev–Trinajstić information content (AvgIpc) is 3.52. The summed E-state index contributed by atoms with van der Waals surface area (Å²) in [7, 11) is 0. The van der Waals surface area contributed by atoms with E-state index in [9.17, 15) is 9.59 Å². The number of hydrogen-bond donors (Lipinski definition) is 0. The maximum Gasteiger partial charge on any atom is 0.253 e. The third-order valence-corrected chi connectivity index (χ3v) is 6.09. The molecule has 0 radical (unpaired) electrons. The lowest BCUT2D eigenvalue weighted by molar-refractivity contribution is -0.132. The van der Waals surface area contributed by atoms with Crippen molar-refractivity contribution in [2.24, 2.45) is 5.92 Å². The van der Waals surface area contributed by atoms with Crippen LogP contribution in [0.1, 0.15) is 43.0 Å². The lowest BCUT2D eigenvalue weighted by Gasteiger charge is -2.32. The van der Waals surface area contributed by atoms with Crippen LogP contribution < -0.4 is 5.56 Å². The van der Waals surface area contributed by atoms with E-state index in [1.807, 2.05) is 29.2 Å². The second-order valence-electron chi connectivity index (χ2n) is 8.21. The normalized spacial score (nSPS) is 17.7. The topological polar surface area (TPSA) is 81.2 Å². The second kappa shape index (κ2) is 7.46. The average molecular weight is 392 g/mol. The van der Waals surface area contributed by atoms with Crippen molar-refractivity contribution in [2.75, 3.05) is 13.1 Å². The van der Waals surface area contributed by atoms with Gasteiger partial charge < -0.3 is 9.42 Å². The molecule has 7 nitrogen and oxygen atoms in total. The quantitative estimate of drug-likeness (QED) is 0.667. The monoisotopic (exact) mass is 392 g/mol. The van der Waals surface area contributed by atoms with Crippen molar-refractivity contribution in [3.63, 3.8) is 0 Å². The van der Waals surface area contributed by atoms with E-state index in [-0.39, 0.29) is 17.9 Å². The Morgan fingerprint density at radius 2 is 1.93 bits per heavy atom. The van der Waals surface area contributed by atoms with Gasteiger partial charge in [0.15, 0.2) is 5.58 Å². The molecule has 1 saturated carbocycles. The molecule has 2 aliphatic rings. The summed E-state index contributed by atoms with van der Waals surface area (Å²) in [5.41, 5.74) is 2.38. The number of hydrogen-bond acceptors (Lipinski definition) is 5. The fraction of sp³-hybridized carbons (Fsp3) is 0.455. The standard InChI is InChI=1S/C22H24N4O3/c27-21(12-19-17-3-1-2-4-20(17)29-24-19)25-9-7-15(8-10-25)13-26-14-23-18(11-22(26)28)16-5-6-16/h1-4,11,14-16H,5-10,12-13H2. The second-order valence-corrected chi connectivity index (χ2v) is 8.21. The van der Waals surface area contributed by atoms with Gasteiger partial charge in [0.2, 0.25) is 5.91 Å². The van der Waals surface area contributed by atoms with Crippen molar-refractivity contribution < 1.29 is 9.32 Å². The van der Waals surface area contributed by atoms with Crippen molar-refractivity contribution in [1.29, 1.82) is 0 Å². The Labute approximate surface area is 168 Å². The van der Waals surface area contributed by atoms with Gasteiger partial charge in [0.1, 0.15) is 5.69 Å². The van der Waals surface area contributed by atoms with Crippen LogP contribution in [0.25, 0.3) is 11.0 Å². The molecule has 1 aromatic carbocycles. The Morgan fingerprint density at radius 1 is 1.14 bits per heavy atom. The summed E-state index contributed by atoms with van der Waals surface area (Å²) in [5.74, 6) is 0.960. The molecule has 7 heteroatoms. The number of likely N-dealkylation sites (tertiary alicyclic amines) is 1. The summed E-state index contributed by atoms with van der Waals surface area (Å²) in [4.78, 5) is 31.4. The van der Waals surface area contributed by atoms with Crippen LogP contribution in [0.15, 0.2) is 46.0 Å². The van der Waals surface area contributed by atoms with Crippen molar-refractivity contribution in [3.8, 4) is 0 Å². The van der Waals surface area contributed by atoms with Gasteiger partial charge in [0, 0.05) is 37.0 Å². The van der Waals surface area contributed by atoms with Crippen molar-refractivity contribution >= 4 is 16.9 Å². The molecule has 1 aliphatic heterocycles. The zero-order valence-electron chi connectivity index (χ0n) is 16.3. The Morgan fingerprint density at radius 3 is 2.69 bits per heavy atom. The fourth-order valence-corrected chi connectivity index (χ4v) is 4.14. The van der Waals surface area contributed by atoms with Crippen LogP contribution in [0.2, 0.25) is 0 Å². The van der Waals surface area contributed by atoms with Crippen LogP contribution in [0.5, 0.6) is 0 Å². The van der Waals surface area contributed by atoms with Gasteiger partial charge in [-0.3, -0.25) is 14.2 Å². The number of benzene rings is 1. The summed E-state index contributed by atoms with van der Waals surface area (Å²) >= 11 is 0. The molecular formula is C22H24N4O3. The van der Waals surface area contributed by atoms with Gasteiger partial charge in [-0.15, -0.1) is 0 Å². The van der Waals surface area contributed by atoms with Crippen molar-refractivity contribution in [2.45, 2.75) is 44.6 Å². The first-order valence-electron chi connectivity index (χ1n) is 10.3. The first-order chi connectivity index (χ1) is 14.2. The number of carbonyl (C=O) groups excluding carboxylic acids is 1. The number of aromatic nitrogens is 3. The van der Waals surface area contributed by atoms with E-state index in [4.69, 9.17) is 4.52 Å². The minimum atomic E-state index is 0.0401. The maximum atomic E-state index is 12.7. The smallest absolute Gasteiger partial charge is 0.253 e. The van der Waals surface area contributed by atoms with E-state index >= 15 is 0 Å². The highest BCUT2D eigenvalue weighted by atomic mass is 16.5. The van der Waals surface area contributed by atoms with E-state index in [0.717, 1.165) is 36.8 Å². The molecule has 29 heavy (non-hydrogen) atoms. The molecule has 2 aromatic heterocycles. The molecule has 1 amide bonds. The highest BCUT2D eigenvalue weighted by molar-refractivity contribution is 5.86. The predicted molar refractivity (Wildman–Crippen MR) is 107 cm³/mol. The Bertz CT molecular complexity index is 1090. The molecule has 1 saturated heterocycles. The summed E-state index contributed by atoms with van der Waals surface area (Å²) < 4.78 is 7.02. The number of amides is 1. The molecule has 5 rings (SSSR count). The first-order valence-corrected chi connectivity index (χ1v) is 10.3. The van der Waals surface area contributed by atoms with Crippen LogP contribution in [0, 0.1) is 5.92 Å². The maximum absolute atomic E-state index is 12.7. The lowest BCUT2D eigenvalue weighted by atomic mass is 9.96. The SMILES string of the molecule is O=C(Cc1noc2ccccc12)N1CCC(Cn2cnc(C3CC3)cc2=O)CC1. The van der Waals surface area contributed by atoms with E-state index in [2.05, 4.69) is 10.1 Å². The first kappa shape index (κ1) is 18.1. The number of carbonyl (C=O) groups is 1. The molecule has 0 N–H and O–H groups in total. The lowest BCUT2D eigenvalue weighted by Crippen LogP contribution is -2.40. The minimum absolute atomic E-state index is 0.0401. The molecular weight excluding hydrogens is 368 g/mol. The van der Waals surface area contributed by atoms with Gasteiger partial charge in [-0.25, -0.2) is 4.98 Å². The molecule has 0 spiro atoms. The number of para-hydroxylation sites is 1. The van der Waals surface area contributed by atoms with Crippen LogP contribution in [0.4, 0.5) is 0 Å². The zero-order valence-corrected chi connectivity index (χ0v) is 16.3. The molecule has 3 heterocycles. The fourth-order valence-electron chi connectivity index (χ4n) is 4.14. The van der Waals surface area contributed by atoms with E-state index in [0.29, 0.717) is 42.7 Å². The van der Waals surface area contributed by atoms with Gasteiger partial charge in [-0.05, 0) is 43.7 Å². The van der Waals surface area contributed by atoms with Crippen LogP contribution in [-0.4, -0.2) is 38.6 Å². The van der Waals surface area contributed by atoms with Crippen LogP contribution in [0.3, 0.4) is 0 Å². The van der Waals surface area contributed by atoms with Crippen LogP contribution >= 0.6 is 0 Å². The van der Waals surface area contributed by atoms with E-state index in [1.165, 1.54) is 0 Å². The van der Waals surface area contributed by atoms with Crippen molar-refractivity contribution in [3.05, 3.63) is 58.4 Å². The molecule has 0 bridgehead atoms. The Balaban J connectivity index is 1.17. The van der Waals surface area contributed by atoms with E-state index < -0.39 is 0 Å². The number of fused-ring (bicyclic) bond motifs is 1. The number of rotatable bonds is 5. The zero-order chi connectivity index (χ0) is 19.8. The largest absolute Gasteiger partial charge is 0.356 e. The third-order valence-electron chi connectivity index (χ3n) is 6.09. The summed E-state index contributed by atoms with van der Waals surface area (Å²) in [5, 5.41) is 4.97.